The number of fused-ring (bicyclic) bond motifs is 1. The molecule has 1 aliphatic rings. The van der Waals surface area contributed by atoms with E-state index in [1.165, 1.54) is 5.56 Å². The molecule has 0 heterocycles. The maximum atomic E-state index is 12.1. The molecule has 2 nitrogen and oxygen atoms in total. The molecule has 0 saturated carbocycles. The van der Waals surface area contributed by atoms with Crippen molar-refractivity contribution in [2.45, 2.75) is 44.3 Å². The van der Waals surface area contributed by atoms with Crippen molar-refractivity contribution in [1.82, 2.24) is 5.32 Å². The summed E-state index contributed by atoms with van der Waals surface area (Å²) in [4.78, 5) is 0. The van der Waals surface area contributed by atoms with Gasteiger partial charge in [-0.1, -0.05) is 6.07 Å². The molecule has 2 rings (SSSR count). The average Bonchev–Trinajstić information content (AvgIpc) is 2.33. The molecule has 2 N–H and O–H groups in total. The number of hydrogen-bond donors (Lipinski definition) is 2. The van der Waals surface area contributed by atoms with Crippen LogP contribution >= 0.6 is 0 Å². The Labute approximate surface area is 110 Å². The van der Waals surface area contributed by atoms with Gasteiger partial charge in [-0.25, -0.2) is 0 Å². The van der Waals surface area contributed by atoms with Gasteiger partial charge in [0.2, 0.25) is 0 Å². The molecule has 0 bridgehead atoms. The number of benzene rings is 1. The molecule has 0 aliphatic heterocycles. The van der Waals surface area contributed by atoms with Gasteiger partial charge in [-0.2, -0.15) is 13.2 Å². The van der Waals surface area contributed by atoms with E-state index in [4.69, 9.17) is 0 Å². The van der Waals surface area contributed by atoms with E-state index in [9.17, 15) is 18.3 Å². The van der Waals surface area contributed by atoms with Crippen molar-refractivity contribution in [3.05, 3.63) is 29.3 Å². The van der Waals surface area contributed by atoms with Crippen molar-refractivity contribution in [1.29, 1.82) is 0 Å². The Balaban J connectivity index is 1.91. The summed E-state index contributed by atoms with van der Waals surface area (Å²) in [6.45, 7) is 0.347. The molecule has 1 aliphatic carbocycles. The lowest BCUT2D eigenvalue weighted by Gasteiger charge is -2.26. The van der Waals surface area contributed by atoms with Crippen LogP contribution in [-0.2, 0) is 6.42 Å². The third-order valence-electron chi connectivity index (χ3n) is 3.47. The van der Waals surface area contributed by atoms with Crippen molar-refractivity contribution in [2.24, 2.45) is 0 Å². The highest BCUT2D eigenvalue weighted by atomic mass is 19.4. The molecule has 1 aromatic rings. The Kier molecular flexibility index (Phi) is 4.34. The fourth-order valence-electron chi connectivity index (χ4n) is 2.56. The van der Waals surface area contributed by atoms with Crippen LogP contribution in [0.15, 0.2) is 18.2 Å². The van der Waals surface area contributed by atoms with Crippen LogP contribution in [0.3, 0.4) is 0 Å². The Morgan fingerprint density at radius 1 is 1.32 bits per heavy atom. The Bertz CT molecular complexity index is 431. The summed E-state index contributed by atoms with van der Waals surface area (Å²) in [6, 6.07) is 5.33. The molecule has 106 valence electrons. The third-order valence-corrected chi connectivity index (χ3v) is 3.47. The zero-order valence-electron chi connectivity index (χ0n) is 10.6. The second-order valence-electron chi connectivity index (χ2n) is 5.00. The summed E-state index contributed by atoms with van der Waals surface area (Å²) >= 11 is 0. The van der Waals surface area contributed by atoms with E-state index in [1.807, 2.05) is 6.07 Å². The van der Waals surface area contributed by atoms with E-state index in [0.717, 1.165) is 24.8 Å². The first-order valence-corrected chi connectivity index (χ1v) is 6.57. The lowest BCUT2D eigenvalue weighted by molar-refractivity contribution is -0.135. The monoisotopic (exact) mass is 273 g/mol. The summed E-state index contributed by atoms with van der Waals surface area (Å²) in [6.07, 6.45) is -1.84. The molecule has 1 unspecified atom stereocenters. The van der Waals surface area contributed by atoms with Gasteiger partial charge in [-0.15, -0.1) is 0 Å². The second kappa shape index (κ2) is 5.82. The highest BCUT2D eigenvalue weighted by Crippen LogP contribution is 2.32. The lowest BCUT2D eigenvalue weighted by Crippen LogP contribution is -2.26. The third kappa shape index (κ3) is 4.13. The standard InChI is InChI=1S/C14H18F3NO/c15-14(16,17)7-2-8-18-13-4-1-3-10-5-6-11(19)9-12(10)13/h5-6,9,13,18-19H,1-4,7-8H2. The van der Waals surface area contributed by atoms with E-state index in [2.05, 4.69) is 5.32 Å². The first kappa shape index (κ1) is 14.2. The van der Waals surface area contributed by atoms with Gasteiger partial charge < -0.3 is 10.4 Å². The number of aromatic hydroxyl groups is 1. The number of phenolic OH excluding ortho intramolecular Hbond substituents is 1. The number of rotatable bonds is 4. The van der Waals surface area contributed by atoms with E-state index < -0.39 is 12.6 Å². The number of alkyl halides is 3. The second-order valence-corrected chi connectivity index (χ2v) is 5.00. The number of phenols is 1. The molecule has 19 heavy (non-hydrogen) atoms. The smallest absolute Gasteiger partial charge is 0.389 e. The predicted molar refractivity (Wildman–Crippen MR) is 67.1 cm³/mol. The van der Waals surface area contributed by atoms with Gasteiger partial charge in [-0.05, 0) is 55.5 Å². The number of aryl methyl sites for hydroxylation is 1. The van der Waals surface area contributed by atoms with Crippen molar-refractivity contribution >= 4 is 0 Å². The van der Waals surface area contributed by atoms with Crippen LogP contribution in [-0.4, -0.2) is 17.8 Å². The van der Waals surface area contributed by atoms with Gasteiger partial charge in [0, 0.05) is 12.5 Å². The Hall–Kier alpha value is -1.23. The van der Waals surface area contributed by atoms with Gasteiger partial charge >= 0.3 is 6.18 Å². The van der Waals surface area contributed by atoms with Crippen molar-refractivity contribution < 1.29 is 18.3 Å². The zero-order chi connectivity index (χ0) is 13.9. The SMILES string of the molecule is Oc1ccc2c(c1)C(NCCCC(F)(F)F)CCC2. The van der Waals surface area contributed by atoms with Crippen LogP contribution < -0.4 is 5.32 Å². The molecule has 0 spiro atoms. The van der Waals surface area contributed by atoms with Crippen LogP contribution in [0.5, 0.6) is 5.75 Å². The molecule has 5 heteroatoms. The van der Waals surface area contributed by atoms with Gasteiger partial charge in [-0.3, -0.25) is 0 Å². The van der Waals surface area contributed by atoms with Gasteiger partial charge in [0.25, 0.3) is 0 Å². The van der Waals surface area contributed by atoms with Crippen LogP contribution in [0.2, 0.25) is 0 Å². The van der Waals surface area contributed by atoms with Crippen LogP contribution in [0.4, 0.5) is 13.2 Å². The minimum absolute atomic E-state index is 0.0593. The quantitative estimate of drug-likeness (QED) is 0.820. The van der Waals surface area contributed by atoms with Crippen LogP contribution in [0, 0.1) is 0 Å². The lowest BCUT2D eigenvalue weighted by atomic mass is 9.87. The summed E-state index contributed by atoms with van der Waals surface area (Å²) in [7, 11) is 0. The summed E-state index contributed by atoms with van der Waals surface area (Å²) in [5.41, 5.74) is 2.20. The molecule has 0 radical (unpaired) electrons. The molecule has 0 aromatic heterocycles. The first-order valence-electron chi connectivity index (χ1n) is 6.57. The van der Waals surface area contributed by atoms with E-state index in [1.54, 1.807) is 12.1 Å². The van der Waals surface area contributed by atoms with Crippen molar-refractivity contribution in [2.75, 3.05) is 6.54 Å². The molecule has 0 fully saturated rings. The zero-order valence-corrected chi connectivity index (χ0v) is 10.6. The molecule has 0 amide bonds. The maximum Gasteiger partial charge on any atom is 0.389 e. The van der Waals surface area contributed by atoms with Gasteiger partial charge in [0.15, 0.2) is 0 Å². The van der Waals surface area contributed by atoms with Crippen LogP contribution in [0.1, 0.15) is 42.9 Å². The largest absolute Gasteiger partial charge is 0.508 e. The normalized spacial score (nSPS) is 19.2. The Morgan fingerprint density at radius 3 is 2.84 bits per heavy atom. The summed E-state index contributed by atoms with van der Waals surface area (Å²) < 4.78 is 36.2. The summed E-state index contributed by atoms with van der Waals surface area (Å²) in [5.74, 6) is 0.211. The fourth-order valence-corrected chi connectivity index (χ4v) is 2.56. The molecule has 1 atom stereocenters. The molecular formula is C14H18F3NO. The average molecular weight is 273 g/mol. The number of halogens is 3. The fraction of sp³-hybridized carbons (Fsp3) is 0.571. The minimum atomic E-state index is -4.08. The van der Waals surface area contributed by atoms with E-state index >= 15 is 0 Å². The topological polar surface area (TPSA) is 32.3 Å². The highest BCUT2D eigenvalue weighted by Gasteiger charge is 2.26. The predicted octanol–water partition coefficient (Wildman–Crippen LogP) is 3.70. The summed E-state index contributed by atoms with van der Waals surface area (Å²) in [5, 5.41) is 12.7. The van der Waals surface area contributed by atoms with E-state index in [-0.39, 0.29) is 18.2 Å². The molecular weight excluding hydrogens is 255 g/mol. The number of nitrogens with one attached hydrogen (secondary N) is 1. The first-order chi connectivity index (χ1) is 8.96. The minimum Gasteiger partial charge on any atom is -0.508 e. The van der Waals surface area contributed by atoms with Gasteiger partial charge in [0.1, 0.15) is 5.75 Å². The van der Waals surface area contributed by atoms with Crippen molar-refractivity contribution in [3.8, 4) is 5.75 Å². The molecule has 0 saturated heterocycles. The number of hydrogen-bond acceptors (Lipinski definition) is 2. The van der Waals surface area contributed by atoms with E-state index in [0.29, 0.717) is 6.54 Å². The Morgan fingerprint density at radius 2 is 2.11 bits per heavy atom. The van der Waals surface area contributed by atoms with Crippen molar-refractivity contribution in [3.63, 3.8) is 0 Å². The van der Waals surface area contributed by atoms with Gasteiger partial charge in [0.05, 0.1) is 0 Å². The maximum absolute atomic E-state index is 12.1. The van der Waals surface area contributed by atoms with Crippen LogP contribution in [0.25, 0.3) is 0 Å². The highest BCUT2D eigenvalue weighted by molar-refractivity contribution is 5.38. The molecule has 1 aromatic carbocycles.